The van der Waals surface area contributed by atoms with E-state index in [-0.39, 0.29) is 6.29 Å². The Hall–Kier alpha value is -1.50. The van der Waals surface area contributed by atoms with E-state index in [2.05, 4.69) is 4.52 Å². The number of carbonyl (C=O) groups is 1. The molecule has 1 aromatic heterocycles. The number of H-pyrrole nitrogens is 1. The maximum Gasteiger partial charge on any atom is 0.468 e. The third kappa shape index (κ3) is 3.50. The molecule has 11 nitrogen and oxygen atoms in total. The van der Waals surface area contributed by atoms with Gasteiger partial charge < -0.3 is 19.6 Å². The Kier molecular flexibility index (Phi) is 5.03. The van der Waals surface area contributed by atoms with E-state index < -0.39 is 54.0 Å². The van der Waals surface area contributed by atoms with Crippen molar-refractivity contribution in [2.24, 2.45) is 0 Å². The fraction of sp³-hybridized carbons (Fsp3) is 0.500. The molecule has 2 rings (SSSR count). The molecule has 26 heavy (non-hydrogen) atoms. The zero-order valence-electron chi connectivity index (χ0n) is 14.0. The number of rotatable bonds is 5. The standard InChI is InChI=1S/C10H15B3FN2O9P/c11-9(16-2-4(3-17)6(19)15-7(16)20)5(18)1-8(14,24-9)10(12,13)25-26(21,22)23/h2-3,5,18H,1,11-13H2,(H,15,19,20)(H2,21,22,23)/t5-,8+,9+/m1/s1. The van der Waals surface area contributed by atoms with Crippen molar-refractivity contribution < 1.29 is 37.9 Å². The van der Waals surface area contributed by atoms with Crippen LogP contribution in [0.5, 0.6) is 0 Å². The summed E-state index contributed by atoms with van der Waals surface area (Å²) in [6.07, 6.45) is -1.54. The molecule has 1 saturated heterocycles. The van der Waals surface area contributed by atoms with Crippen LogP contribution in [0.3, 0.4) is 0 Å². The van der Waals surface area contributed by atoms with Crippen molar-refractivity contribution in [1.29, 1.82) is 0 Å². The summed E-state index contributed by atoms with van der Waals surface area (Å²) in [5, 5.41) is 8.08. The molecule has 16 heteroatoms. The first-order valence-electron chi connectivity index (χ1n) is 7.30. The lowest BCUT2D eigenvalue weighted by Gasteiger charge is -2.39. The number of hydrogen-bond donors (Lipinski definition) is 4. The van der Waals surface area contributed by atoms with E-state index in [1.165, 1.54) is 0 Å². The van der Waals surface area contributed by atoms with Gasteiger partial charge >= 0.3 is 13.5 Å². The molecule has 0 amide bonds. The molecule has 1 aliphatic rings. The lowest BCUT2D eigenvalue weighted by molar-refractivity contribution is -0.219. The molecule has 0 radical (unpaired) electrons. The van der Waals surface area contributed by atoms with Gasteiger partial charge in [0.05, 0.1) is 17.1 Å². The van der Waals surface area contributed by atoms with E-state index in [0.717, 1.165) is 29.7 Å². The predicted octanol–water partition coefficient (Wildman–Crippen LogP) is -4.93. The largest absolute Gasteiger partial charge is 0.468 e. The third-order valence-corrected chi connectivity index (χ3v) is 4.96. The summed E-state index contributed by atoms with van der Waals surface area (Å²) in [7, 11) is -2.00. The third-order valence-electron chi connectivity index (χ3n) is 4.26. The molecule has 0 bridgehead atoms. The van der Waals surface area contributed by atoms with Gasteiger partial charge in [-0.15, -0.1) is 0 Å². The Labute approximate surface area is 148 Å². The molecule has 0 aromatic carbocycles. The van der Waals surface area contributed by atoms with E-state index in [9.17, 15) is 24.1 Å². The minimum absolute atomic E-state index is 0.156. The maximum atomic E-state index is 15.3. The second-order valence-corrected chi connectivity index (χ2v) is 7.69. The number of nitrogens with zero attached hydrogens (tertiary/aromatic N) is 1. The van der Waals surface area contributed by atoms with E-state index in [1.807, 2.05) is 4.98 Å². The second-order valence-electron chi connectivity index (χ2n) is 6.53. The van der Waals surface area contributed by atoms with Gasteiger partial charge in [0.15, 0.2) is 14.1 Å². The van der Waals surface area contributed by atoms with Crippen molar-refractivity contribution in [3.8, 4) is 0 Å². The van der Waals surface area contributed by atoms with Gasteiger partial charge in [0.25, 0.3) is 5.56 Å². The number of aromatic amines is 1. The summed E-state index contributed by atoms with van der Waals surface area (Å²) in [5.74, 6) is -2.92. The number of halogens is 1. The molecular formula is C10H15B3FN2O9P. The first-order valence-corrected chi connectivity index (χ1v) is 8.83. The average Bonchev–Trinajstić information content (AvgIpc) is 2.68. The van der Waals surface area contributed by atoms with E-state index in [4.69, 9.17) is 14.5 Å². The van der Waals surface area contributed by atoms with Crippen molar-refractivity contribution in [3.05, 3.63) is 32.6 Å². The van der Waals surface area contributed by atoms with Gasteiger partial charge in [0.2, 0.25) is 5.85 Å². The van der Waals surface area contributed by atoms with Crippen molar-refractivity contribution in [2.75, 3.05) is 0 Å². The van der Waals surface area contributed by atoms with Crippen LogP contribution in [0.15, 0.2) is 15.8 Å². The number of nitrogens with one attached hydrogen (secondary N) is 1. The summed E-state index contributed by atoms with van der Waals surface area (Å²) < 4.78 is 36.7. The SMILES string of the molecule is BC(B)(OP(=O)(O)O)[C@]1(F)C[C@@H](O)[C@](B)(n2cc(C=O)c(=O)[nH]c2=O)O1. The highest BCUT2D eigenvalue weighted by atomic mass is 31.2. The van der Waals surface area contributed by atoms with Gasteiger partial charge in [0.1, 0.15) is 21.3 Å². The number of phosphoric acid groups is 1. The lowest BCUT2D eigenvalue weighted by atomic mass is 9.60. The molecule has 0 aliphatic carbocycles. The zero-order chi connectivity index (χ0) is 20.1. The highest BCUT2D eigenvalue weighted by molar-refractivity contribution is 7.46. The minimum atomic E-state index is -5.11. The van der Waals surface area contributed by atoms with Crippen molar-refractivity contribution in [1.82, 2.24) is 9.55 Å². The van der Waals surface area contributed by atoms with Crippen LogP contribution in [0.1, 0.15) is 16.8 Å². The van der Waals surface area contributed by atoms with Crippen LogP contribution in [-0.4, -0.2) is 71.6 Å². The monoisotopic (exact) mass is 390 g/mol. The van der Waals surface area contributed by atoms with Gasteiger partial charge in [-0.2, -0.15) is 0 Å². The van der Waals surface area contributed by atoms with Crippen molar-refractivity contribution >= 4 is 37.6 Å². The minimum Gasteiger partial charge on any atom is -0.389 e. The maximum absolute atomic E-state index is 15.3. The summed E-state index contributed by atoms with van der Waals surface area (Å²) >= 11 is 0. The molecule has 3 atom stereocenters. The van der Waals surface area contributed by atoms with E-state index in [1.54, 1.807) is 0 Å². The summed E-state index contributed by atoms with van der Waals surface area (Å²) in [6.45, 7) is 0. The van der Waals surface area contributed by atoms with Gasteiger partial charge in [-0.1, -0.05) is 0 Å². The molecule has 2 heterocycles. The van der Waals surface area contributed by atoms with Crippen LogP contribution in [0.2, 0.25) is 0 Å². The number of carbonyl (C=O) groups excluding carboxylic acids is 1. The van der Waals surface area contributed by atoms with Crippen LogP contribution in [0, 0.1) is 0 Å². The first kappa shape index (κ1) is 20.8. The second kappa shape index (κ2) is 6.29. The molecule has 0 saturated carbocycles. The first-order chi connectivity index (χ1) is 11.7. The Balaban J connectivity index is 2.53. The lowest BCUT2D eigenvalue weighted by Crippen LogP contribution is -2.56. The molecule has 0 unspecified atom stereocenters. The Bertz CT molecular complexity index is 900. The summed E-state index contributed by atoms with van der Waals surface area (Å²) in [5.41, 5.74) is -4.62. The summed E-state index contributed by atoms with van der Waals surface area (Å²) in [6, 6.07) is 0. The molecular weight excluding hydrogens is 375 g/mol. The average molecular weight is 390 g/mol. The topological polar surface area (TPSA) is 168 Å². The van der Waals surface area contributed by atoms with Crippen LogP contribution in [0.25, 0.3) is 0 Å². The van der Waals surface area contributed by atoms with Crippen LogP contribution in [-0.2, 0) is 19.4 Å². The number of hydrogen-bond acceptors (Lipinski definition) is 7. The number of aliphatic hydroxyl groups is 1. The fourth-order valence-corrected chi connectivity index (χ4v) is 3.45. The van der Waals surface area contributed by atoms with Gasteiger partial charge in [-0.3, -0.25) is 23.7 Å². The molecule has 1 aromatic rings. The Morgan fingerprint density at radius 1 is 1.50 bits per heavy atom. The highest BCUT2D eigenvalue weighted by Crippen LogP contribution is 2.50. The van der Waals surface area contributed by atoms with Gasteiger partial charge in [-0.05, 0) is 0 Å². The van der Waals surface area contributed by atoms with Crippen LogP contribution in [0.4, 0.5) is 4.39 Å². The number of aldehydes is 1. The normalized spacial score (nSPS) is 29.6. The fourth-order valence-electron chi connectivity index (χ4n) is 2.72. The molecule has 4 N–H and O–H groups in total. The van der Waals surface area contributed by atoms with E-state index >= 15 is 4.39 Å². The Morgan fingerprint density at radius 3 is 2.58 bits per heavy atom. The smallest absolute Gasteiger partial charge is 0.389 e. The summed E-state index contributed by atoms with van der Waals surface area (Å²) in [4.78, 5) is 54.2. The number of aliphatic hydroxyl groups excluding tert-OH is 1. The molecule has 0 spiro atoms. The zero-order valence-corrected chi connectivity index (χ0v) is 14.9. The predicted molar refractivity (Wildman–Crippen MR) is 91.7 cm³/mol. The molecule has 1 aliphatic heterocycles. The van der Waals surface area contributed by atoms with Crippen molar-refractivity contribution in [3.63, 3.8) is 0 Å². The number of aromatic nitrogens is 2. The quantitative estimate of drug-likeness (QED) is 0.219. The number of ether oxygens (including phenoxy) is 1. The van der Waals surface area contributed by atoms with Crippen LogP contribution >= 0.6 is 7.82 Å². The molecule has 140 valence electrons. The van der Waals surface area contributed by atoms with Gasteiger partial charge in [-0.25, -0.2) is 13.8 Å². The molecule has 1 fully saturated rings. The van der Waals surface area contributed by atoms with Crippen molar-refractivity contribution in [2.45, 2.75) is 29.4 Å². The van der Waals surface area contributed by atoms with Crippen LogP contribution < -0.4 is 11.2 Å². The van der Waals surface area contributed by atoms with Gasteiger partial charge in [0, 0.05) is 12.6 Å². The number of phosphoric ester groups is 1. The highest BCUT2D eigenvalue weighted by Gasteiger charge is 2.63. The van der Waals surface area contributed by atoms with E-state index in [0.29, 0.717) is 4.57 Å². The Morgan fingerprint density at radius 2 is 2.08 bits per heavy atom. The number of alkyl halides is 1.